The fraction of sp³-hybridized carbons (Fsp3) is 0.727. The molecule has 0 aromatic carbocycles. The van der Waals surface area contributed by atoms with Crippen LogP contribution in [0.3, 0.4) is 0 Å². The van der Waals surface area contributed by atoms with Crippen LogP contribution in [0.4, 0.5) is 0 Å². The Hall–Kier alpha value is -0.590. The average molecular weight is 166 g/mol. The summed E-state index contributed by atoms with van der Waals surface area (Å²) in [5, 5.41) is 0. The van der Waals surface area contributed by atoms with Crippen molar-refractivity contribution in [2.45, 2.75) is 34.1 Å². The van der Waals surface area contributed by atoms with E-state index >= 15 is 0 Å². The Bertz CT molecular complexity index is 208. The van der Waals surface area contributed by atoms with Crippen LogP contribution < -0.4 is 0 Å². The first-order valence-corrected chi connectivity index (χ1v) is 4.63. The lowest BCUT2D eigenvalue weighted by Gasteiger charge is -2.32. The van der Waals surface area contributed by atoms with Crippen LogP contribution in [0.1, 0.15) is 34.1 Å². The first kappa shape index (κ1) is 9.50. The lowest BCUT2D eigenvalue weighted by molar-refractivity contribution is -0.122. The lowest BCUT2D eigenvalue weighted by Crippen LogP contribution is -2.31. The lowest BCUT2D eigenvalue weighted by atomic mass is 9.71. The number of ketones is 1. The van der Waals surface area contributed by atoms with E-state index in [4.69, 9.17) is 0 Å². The minimum Gasteiger partial charge on any atom is -0.295 e. The summed E-state index contributed by atoms with van der Waals surface area (Å²) in [7, 11) is 0. The maximum Gasteiger partial charge on any atom is 0.158 e. The fourth-order valence-electron chi connectivity index (χ4n) is 1.72. The van der Waals surface area contributed by atoms with Gasteiger partial charge < -0.3 is 0 Å². The highest BCUT2D eigenvalue weighted by atomic mass is 16.1. The molecular weight excluding hydrogens is 148 g/mol. The van der Waals surface area contributed by atoms with Gasteiger partial charge in [-0.15, -0.1) is 0 Å². The molecule has 0 spiro atoms. The number of rotatable bonds is 0. The first-order chi connectivity index (χ1) is 5.41. The third-order valence-corrected chi connectivity index (χ3v) is 2.59. The molecule has 0 aromatic rings. The van der Waals surface area contributed by atoms with E-state index in [0.717, 1.165) is 6.42 Å². The van der Waals surface area contributed by atoms with Gasteiger partial charge in [0.25, 0.3) is 0 Å². The molecule has 0 radical (unpaired) electrons. The predicted octanol–water partition coefficient (Wildman–Crippen LogP) is 2.81. The van der Waals surface area contributed by atoms with Crippen LogP contribution in [-0.4, -0.2) is 5.78 Å². The number of allylic oxidation sites excluding steroid dienone is 2. The molecule has 2 atom stereocenters. The van der Waals surface area contributed by atoms with E-state index < -0.39 is 0 Å². The number of hydrogen-bond donors (Lipinski definition) is 0. The van der Waals surface area contributed by atoms with Gasteiger partial charge in [0.1, 0.15) is 0 Å². The molecule has 0 saturated carbocycles. The van der Waals surface area contributed by atoms with Crippen molar-refractivity contribution >= 4 is 5.78 Å². The first-order valence-electron chi connectivity index (χ1n) is 4.63. The Balaban J connectivity index is 2.80. The SMILES string of the molecule is CC1C=CC(=O)C(C(C)(C)C)C1. The molecule has 1 aliphatic rings. The molecule has 0 aliphatic heterocycles. The van der Waals surface area contributed by atoms with Gasteiger partial charge in [0.05, 0.1) is 0 Å². The van der Waals surface area contributed by atoms with Crippen LogP contribution in [0.5, 0.6) is 0 Å². The quantitative estimate of drug-likeness (QED) is 0.541. The van der Waals surface area contributed by atoms with E-state index in [1.165, 1.54) is 0 Å². The molecule has 1 nitrogen and oxygen atoms in total. The highest BCUT2D eigenvalue weighted by Crippen LogP contribution is 2.34. The Morgan fingerprint density at radius 1 is 1.42 bits per heavy atom. The van der Waals surface area contributed by atoms with Crippen molar-refractivity contribution in [3.05, 3.63) is 12.2 Å². The fourth-order valence-corrected chi connectivity index (χ4v) is 1.72. The average Bonchev–Trinajstić information content (AvgIpc) is 1.92. The van der Waals surface area contributed by atoms with Crippen molar-refractivity contribution in [2.24, 2.45) is 17.3 Å². The molecule has 1 heteroatoms. The molecule has 2 unspecified atom stereocenters. The van der Waals surface area contributed by atoms with Crippen molar-refractivity contribution in [1.29, 1.82) is 0 Å². The Morgan fingerprint density at radius 2 is 2.00 bits per heavy atom. The van der Waals surface area contributed by atoms with Gasteiger partial charge in [-0.2, -0.15) is 0 Å². The molecule has 0 heterocycles. The molecule has 0 N–H and O–H groups in total. The van der Waals surface area contributed by atoms with Crippen molar-refractivity contribution in [3.63, 3.8) is 0 Å². The summed E-state index contributed by atoms with van der Waals surface area (Å²) in [6.45, 7) is 8.59. The summed E-state index contributed by atoms with van der Waals surface area (Å²) in [5.74, 6) is 1.09. The molecule has 68 valence electrons. The molecule has 1 rings (SSSR count). The van der Waals surface area contributed by atoms with Crippen molar-refractivity contribution in [2.75, 3.05) is 0 Å². The zero-order chi connectivity index (χ0) is 9.35. The smallest absolute Gasteiger partial charge is 0.158 e. The van der Waals surface area contributed by atoms with Crippen LogP contribution in [0, 0.1) is 17.3 Å². The van der Waals surface area contributed by atoms with Gasteiger partial charge in [-0.05, 0) is 23.8 Å². The highest BCUT2D eigenvalue weighted by Gasteiger charge is 2.32. The molecule has 0 saturated heterocycles. The van der Waals surface area contributed by atoms with Crippen LogP contribution in [0.25, 0.3) is 0 Å². The van der Waals surface area contributed by atoms with Gasteiger partial charge in [0, 0.05) is 5.92 Å². The third kappa shape index (κ3) is 1.96. The third-order valence-electron chi connectivity index (χ3n) is 2.59. The molecule has 0 fully saturated rings. The van der Waals surface area contributed by atoms with Gasteiger partial charge in [-0.25, -0.2) is 0 Å². The zero-order valence-corrected chi connectivity index (χ0v) is 8.42. The second-order valence-corrected chi connectivity index (χ2v) is 4.89. The zero-order valence-electron chi connectivity index (χ0n) is 8.42. The van der Waals surface area contributed by atoms with Crippen molar-refractivity contribution in [3.8, 4) is 0 Å². The standard InChI is InChI=1S/C11H18O/c1-8-5-6-10(12)9(7-8)11(2,3)4/h5-6,8-9H,7H2,1-4H3. The normalized spacial score (nSPS) is 30.8. The Kier molecular flexibility index (Phi) is 2.41. The Labute approximate surface area is 74.9 Å². The molecular formula is C11H18O. The predicted molar refractivity (Wildman–Crippen MR) is 50.9 cm³/mol. The van der Waals surface area contributed by atoms with E-state index in [0.29, 0.717) is 11.7 Å². The molecule has 0 amide bonds. The minimum atomic E-state index is 0.121. The van der Waals surface area contributed by atoms with Crippen molar-refractivity contribution in [1.82, 2.24) is 0 Å². The topological polar surface area (TPSA) is 17.1 Å². The van der Waals surface area contributed by atoms with E-state index in [1.807, 2.05) is 6.08 Å². The molecule has 0 bridgehead atoms. The van der Waals surface area contributed by atoms with Gasteiger partial charge in [-0.1, -0.05) is 33.8 Å². The second-order valence-electron chi connectivity index (χ2n) is 4.89. The number of carbonyl (C=O) groups is 1. The van der Waals surface area contributed by atoms with Gasteiger partial charge in [0.2, 0.25) is 0 Å². The second kappa shape index (κ2) is 3.04. The summed E-state index contributed by atoms with van der Waals surface area (Å²) in [6.07, 6.45) is 4.79. The summed E-state index contributed by atoms with van der Waals surface area (Å²) >= 11 is 0. The van der Waals surface area contributed by atoms with Gasteiger partial charge >= 0.3 is 0 Å². The van der Waals surface area contributed by atoms with Crippen molar-refractivity contribution < 1.29 is 4.79 Å². The summed E-state index contributed by atoms with van der Waals surface area (Å²) in [4.78, 5) is 11.5. The van der Waals surface area contributed by atoms with Crippen LogP contribution in [-0.2, 0) is 4.79 Å². The van der Waals surface area contributed by atoms with Gasteiger partial charge in [0.15, 0.2) is 5.78 Å². The molecule has 0 aromatic heterocycles. The largest absolute Gasteiger partial charge is 0.295 e. The number of carbonyl (C=O) groups excluding carboxylic acids is 1. The Morgan fingerprint density at radius 3 is 2.42 bits per heavy atom. The van der Waals surface area contributed by atoms with Crippen LogP contribution in [0.2, 0.25) is 0 Å². The highest BCUT2D eigenvalue weighted by molar-refractivity contribution is 5.93. The minimum absolute atomic E-state index is 0.121. The molecule has 1 aliphatic carbocycles. The molecule has 12 heavy (non-hydrogen) atoms. The summed E-state index contributed by atoms with van der Waals surface area (Å²) in [6, 6.07) is 0. The maximum absolute atomic E-state index is 11.5. The maximum atomic E-state index is 11.5. The van der Waals surface area contributed by atoms with Crippen LogP contribution >= 0.6 is 0 Å². The van der Waals surface area contributed by atoms with Crippen LogP contribution in [0.15, 0.2) is 12.2 Å². The monoisotopic (exact) mass is 166 g/mol. The summed E-state index contributed by atoms with van der Waals surface area (Å²) in [5.41, 5.74) is 0.121. The number of hydrogen-bond acceptors (Lipinski definition) is 1. The summed E-state index contributed by atoms with van der Waals surface area (Å²) < 4.78 is 0. The van der Waals surface area contributed by atoms with E-state index in [1.54, 1.807) is 6.08 Å². The van der Waals surface area contributed by atoms with E-state index in [9.17, 15) is 4.79 Å². The van der Waals surface area contributed by atoms with E-state index in [2.05, 4.69) is 27.7 Å². The van der Waals surface area contributed by atoms with E-state index in [-0.39, 0.29) is 11.3 Å². The van der Waals surface area contributed by atoms with Gasteiger partial charge in [-0.3, -0.25) is 4.79 Å².